The van der Waals surface area contributed by atoms with Crippen LogP contribution in [0.2, 0.25) is 0 Å². The molecule has 2 aromatic carbocycles. The van der Waals surface area contributed by atoms with Crippen LogP contribution in [-0.4, -0.2) is 30.8 Å². The van der Waals surface area contributed by atoms with Crippen molar-refractivity contribution in [3.63, 3.8) is 0 Å². The van der Waals surface area contributed by atoms with Crippen LogP contribution in [0.5, 0.6) is 0 Å². The van der Waals surface area contributed by atoms with Crippen LogP contribution in [-0.2, 0) is 14.3 Å². The van der Waals surface area contributed by atoms with Gasteiger partial charge in [-0.25, -0.2) is 9.59 Å². The van der Waals surface area contributed by atoms with Crippen molar-refractivity contribution < 1.29 is 19.1 Å². The van der Waals surface area contributed by atoms with Crippen molar-refractivity contribution in [2.75, 3.05) is 6.61 Å². The zero-order valence-electron chi connectivity index (χ0n) is 19.0. The van der Waals surface area contributed by atoms with E-state index in [4.69, 9.17) is 9.47 Å². The number of ether oxygens (including phenoxy) is 2. The molecule has 3 aliphatic rings. The Hall–Kier alpha value is -3.08. The fraction of sp³-hybridized carbons (Fsp3) is 0.429. The van der Waals surface area contributed by atoms with Crippen molar-refractivity contribution in [3.8, 4) is 11.1 Å². The van der Waals surface area contributed by atoms with Crippen LogP contribution in [0.1, 0.15) is 49.7 Å². The van der Waals surface area contributed by atoms with Crippen LogP contribution in [0, 0.1) is 17.8 Å². The summed E-state index contributed by atoms with van der Waals surface area (Å²) in [6, 6.07) is 15.6. The van der Waals surface area contributed by atoms with Gasteiger partial charge in [-0.2, -0.15) is 0 Å². The average molecular weight is 446 g/mol. The number of hydrogen-bond donors (Lipinski definition) is 1. The molecule has 0 spiro atoms. The number of benzene rings is 2. The highest BCUT2D eigenvalue weighted by molar-refractivity contribution is 5.82. The lowest BCUT2D eigenvalue weighted by molar-refractivity contribution is -0.154. The third-order valence-electron chi connectivity index (χ3n) is 7.19. The summed E-state index contributed by atoms with van der Waals surface area (Å²) in [5, 5.41) is 2.76. The number of hydrogen-bond acceptors (Lipinski definition) is 4. The second kappa shape index (κ2) is 9.05. The lowest BCUT2D eigenvalue weighted by Crippen LogP contribution is -2.47. The van der Waals surface area contributed by atoms with Crippen LogP contribution in [0.4, 0.5) is 4.79 Å². The summed E-state index contributed by atoms with van der Waals surface area (Å²) in [7, 11) is 0. The van der Waals surface area contributed by atoms with E-state index in [1.165, 1.54) is 11.1 Å². The molecule has 2 saturated carbocycles. The van der Waals surface area contributed by atoms with Crippen molar-refractivity contribution >= 4 is 12.1 Å². The predicted molar refractivity (Wildman–Crippen MR) is 127 cm³/mol. The Bertz CT molecular complexity index is 998. The van der Waals surface area contributed by atoms with Crippen molar-refractivity contribution in [2.45, 2.75) is 50.7 Å². The lowest BCUT2D eigenvalue weighted by atomic mass is 9.98. The number of amides is 1. The number of carbonyl (C=O) groups is 2. The molecule has 0 aliphatic heterocycles. The van der Waals surface area contributed by atoms with E-state index in [0.717, 1.165) is 36.8 Å². The molecule has 2 atom stereocenters. The molecule has 0 bridgehead atoms. The molecule has 0 radical (unpaired) electrons. The van der Waals surface area contributed by atoms with Gasteiger partial charge in [-0.05, 0) is 59.8 Å². The maximum absolute atomic E-state index is 13.0. The van der Waals surface area contributed by atoms with Gasteiger partial charge in [0, 0.05) is 11.8 Å². The Morgan fingerprint density at radius 1 is 1.00 bits per heavy atom. The Labute approximate surface area is 195 Å². The number of nitrogens with one attached hydrogen (secondary N) is 1. The number of fused-ring (bicyclic) bond motifs is 3. The van der Waals surface area contributed by atoms with E-state index in [1.54, 1.807) is 6.08 Å². The third kappa shape index (κ3) is 4.54. The summed E-state index contributed by atoms with van der Waals surface area (Å²) < 4.78 is 11.5. The van der Waals surface area contributed by atoms with Gasteiger partial charge in [0.15, 0.2) is 0 Å². The van der Waals surface area contributed by atoms with Crippen LogP contribution in [0.25, 0.3) is 11.1 Å². The van der Waals surface area contributed by atoms with Crippen LogP contribution in [0.3, 0.4) is 0 Å². The highest BCUT2D eigenvalue weighted by Gasteiger charge is 2.45. The third-order valence-corrected chi connectivity index (χ3v) is 7.19. The smallest absolute Gasteiger partial charge is 0.407 e. The Balaban J connectivity index is 1.24. The Kier molecular flexibility index (Phi) is 5.96. The van der Waals surface area contributed by atoms with Crippen LogP contribution in [0.15, 0.2) is 61.2 Å². The first-order chi connectivity index (χ1) is 16.1. The molecule has 1 N–H and O–H groups in total. The van der Waals surface area contributed by atoms with Gasteiger partial charge in [-0.3, -0.25) is 0 Å². The van der Waals surface area contributed by atoms with E-state index in [-0.39, 0.29) is 30.5 Å². The van der Waals surface area contributed by atoms with Gasteiger partial charge in [0.1, 0.15) is 18.8 Å². The minimum Gasteiger partial charge on any atom is -0.460 e. The summed E-state index contributed by atoms with van der Waals surface area (Å²) >= 11 is 0. The molecule has 5 heteroatoms. The molecule has 3 aliphatic carbocycles. The van der Waals surface area contributed by atoms with E-state index >= 15 is 0 Å². The molecule has 2 aromatic rings. The first-order valence-electron chi connectivity index (χ1n) is 12.0. The van der Waals surface area contributed by atoms with Crippen molar-refractivity contribution in [1.29, 1.82) is 0 Å². The van der Waals surface area contributed by atoms with Crippen molar-refractivity contribution in [3.05, 3.63) is 72.3 Å². The SMILES string of the molecule is C=CC(C)C(NC(=O)OCC1c2ccccc2-c2ccccc21)C(=O)OC(C1CC1)C1CC1. The first kappa shape index (κ1) is 21.7. The number of alkyl carbamates (subject to hydrolysis) is 1. The molecule has 172 valence electrons. The molecular weight excluding hydrogens is 414 g/mol. The minimum atomic E-state index is -0.807. The molecule has 0 saturated heterocycles. The minimum absolute atomic E-state index is 0.0127. The Morgan fingerprint density at radius 3 is 2.06 bits per heavy atom. The fourth-order valence-electron chi connectivity index (χ4n) is 4.94. The van der Waals surface area contributed by atoms with Gasteiger partial charge < -0.3 is 14.8 Å². The van der Waals surface area contributed by atoms with Gasteiger partial charge in [0.2, 0.25) is 0 Å². The number of carbonyl (C=O) groups excluding carboxylic acids is 2. The molecule has 2 unspecified atom stereocenters. The summed E-state index contributed by atoms with van der Waals surface area (Å²) in [5.41, 5.74) is 4.65. The maximum Gasteiger partial charge on any atom is 0.407 e. The van der Waals surface area contributed by atoms with Gasteiger partial charge in [-0.15, -0.1) is 6.58 Å². The fourth-order valence-corrected chi connectivity index (χ4v) is 4.94. The molecule has 1 amide bonds. The predicted octanol–water partition coefficient (Wildman–Crippen LogP) is 5.45. The first-order valence-corrected chi connectivity index (χ1v) is 12.0. The van der Waals surface area contributed by atoms with E-state index in [9.17, 15) is 9.59 Å². The monoisotopic (exact) mass is 445 g/mol. The van der Waals surface area contributed by atoms with E-state index in [0.29, 0.717) is 11.8 Å². The molecule has 0 heterocycles. The Morgan fingerprint density at radius 2 is 1.55 bits per heavy atom. The van der Waals surface area contributed by atoms with Gasteiger partial charge in [0.05, 0.1) is 0 Å². The molecular formula is C28H31NO4. The summed E-state index contributed by atoms with van der Waals surface area (Å²) in [6.07, 6.45) is 5.53. The quantitative estimate of drug-likeness (QED) is 0.412. The van der Waals surface area contributed by atoms with Gasteiger partial charge in [0.25, 0.3) is 0 Å². The van der Waals surface area contributed by atoms with Crippen LogP contribution < -0.4 is 5.32 Å². The molecule has 33 heavy (non-hydrogen) atoms. The second-order valence-electron chi connectivity index (χ2n) is 9.62. The van der Waals surface area contributed by atoms with Crippen LogP contribution >= 0.6 is 0 Å². The average Bonchev–Trinajstić information content (AvgIpc) is 3.76. The standard InChI is InChI=1S/C28H31NO4/c1-3-17(2)25(27(30)33-26(18-12-13-18)19-14-15-19)29-28(31)32-16-24-22-10-6-4-8-20(22)21-9-5-7-11-23(21)24/h3-11,17-19,24-26H,1,12-16H2,2H3,(H,29,31). The maximum atomic E-state index is 13.0. The van der Waals surface area contributed by atoms with E-state index < -0.39 is 12.1 Å². The van der Waals surface area contributed by atoms with E-state index in [2.05, 4.69) is 36.2 Å². The zero-order chi connectivity index (χ0) is 22.9. The highest BCUT2D eigenvalue weighted by Crippen LogP contribution is 2.47. The van der Waals surface area contributed by atoms with Crippen molar-refractivity contribution in [1.82, 2.24) is 5.32 Å². The van der Waals surface area contributed by atoms with Gasteiger partial charge >= 0.3 is 12.1 Å². The number of esters is 1. The van der Waals surface area contributed by atoms with Crippen molar-refractivity contribution in [2.24, 2.45) is 17.8 Å². The van der Waals surface area contributed by atoms with Gasteiger partial charge in [-0.1, -0.05) is 61.5 Å². The summed E-state index contributed by atoms with van der Waals surface area (Å²) in [6.45, 7) is 5.86. The highest BCUT2D eigenvalue weighted by atomic mass is 16.6. The normalized spacial score (nSPS) is 18.7. The summed E-state index contributed by atoms with van der Waals surface area (Å²) in [5.74, 6) is 0.280. The zero-order valence-corrected chi connectivity index (χ0v) is 19.0. The summed E-state index contributed by atoms with van der Waals surface area (Å²) in [4.78, 5) is 25.8. The molecule has 2 fully saturated rings. The lowest BCUT2D eigenvalue weighted by Gasteiger charge is -2.25. The largest absolute Gasteiger partial charge is 0.460 e. The molecule has 0 aromatic heterocycles. The topological polar surface area (TPSA) is 64.6 Å². The van der Waals surface area contributed by atoms with E-state index in [1.807, 2.05) is 31.2 Å². The number of rotatable bonds is 9. The second-order valence-corrected chi connectivity index (χ2v) is 9.62. The molecule has 5 rings (SSSR count). The molecule has 5 nitrogen and oxygen atoms in total.